The normalized spacial score (nSPS) is 14.2. The number of carbonyl (C=O) groups is 1. The van der Waals surface area contributed by atoms with Gasteiger partial charge < -0.3 is 14.4 Å². The minimum atomic E-state index is -0.221. The second-order valence-electron chi connectivity index (χ2n) is 8.09. The smallest absolute Gasteiger partial charge is 0.253 e. The van der Waals surface area contributed by atoms with Crippen LogP contribution in [0.4, 0.5) is 4.39 Å². The average Bonchev–Trinajstić information content (AvgIpc) is 2.85. The molecule has 6 heteroatoms. The monoisotopic (exact) mass is 448 g/mol. The first-order chi connectivity index (χ1) is 16.1. The summed E-state index contributed by atoms with van der Waals surface area (Å²) < 4.78 is 24.4. The van der Waals surface area contributed by atoms with E-state index in [1.165, 1.54) is 12.1 Å². The van der Waals surface area contributed by atoms with E-state index in [2.05, 4.69) is 4.90 Å². The molecule has 1 aliphatic rings. The van der Waals surface area contributed by atoms with Gasteiger partial charge in [-0.25, -0.2) is 4.39 Å². The fraction of sp³-hybridized carbons (Fsp3) is 0.296. The van der Waals surface area contributed by atoms with Crippen LogP contribution in [-0.4, -0.2) is 48.5 Å². The Morgan fingerprint density at radius 2 is 1.52 bits per heavy atom. The molecule has 5 nitrogen and oxygen atoms in total. The standard InChI is InChI=1S/C27H29FN2O3/c1-2-32-25-10-12-26(13-11-25)33-20-22-4-3-5-23(18-22)27(31)30-16-14-29(15-17-30)19-21-6-8-24(28)9-7-21/h3-13,18H,2,14-17,19-20H2,1H3. The summed E-state index contributed by atoms with van der Waals surface area (Å²) in [6.45, 7) is 6.67. The molecule has 0 aromatic heterocycles. The topological polar surface area (TPSA) is 42.0 Å². The Hall–Kier alpha value is -3.38. The van der Waals surface area contributed by atoms with Gasteiger partial charge in [0.1, 0.15) is 23.9 Å². The molecule has 3 aromatic carbocycles. The van der Waals surface area contributed by atoms with E-state index < -0.39 is 0 Å². The first-order valence-corrected chi connectivity index (χ1v) is 11.3. The lowest BCUT2D eigenvalue weighted by Gasteiger charge is -2.34. The first-order valence-electron chi connectivity index (χ1n) is 11.3. The van der Waals surface area contributed by atoms with Crippen LogP contribution in [0.3, 0.4) is 0 Å². The molecule has 0 bridgehead atoms. The van der Waals surface area contributed by atoms with Crippen molar-refractivity contribution in [2.45, 2.75) is 20.1 Å². The maximum absolute atomic E-state index is 13.1. The largest absolute Gasteiger partial charge is 0.494 e. The lowest BCUT2D eigenvalue weighted by molar-refractivity contribution is 0.0628. The number of rotatable bonds is 8. The highest BCUT2D eigenvalue weighted by Crippen LogP contribution is 2.19. The van der Waals surface area contributed by atoms with E-state index in [4.69, 9.17) is 9.47 Å². The Balaban J connectivity index is 1.29. The van der Waals surface area contributed by atoms with E-state index in [0.29, 0.717) is 31.9 Å². The predicted molar refractivity (Wildman–Crippen MR) is 126 cm³/mol. The highest BCUT2D eigenvalue weighted by molar-refractivity contribution is 5.94. The third kappa shape index (κ3) is 6.33. The molecule has 1 fully saturated rings. The number of hydrogen-bond donors (Lipinski definition) is 0. The number of ether oxygens (including phenoxy) is 2. The number of benzene rings is 3. The Bertz CT molecular complexity index is 1050. The van der Waals surface area contributed by atoms with E-state index in [-0.39, 0.29) is 11.7 Å². The van der Waals surface area contributed by atoms with E-state index in [1.807, 2.05) is 72.5 Å². The minimum Gasteiger partial charge on any atom is -0.494 e. The quantitative estimate of drug-likeness (QED) is 0.498. The summed E-state index contributed by atoms with van der Waals surface area (Å²) >= 11 is 0. The molecule has 4 rings (SSSR count). The summed E-state index contributed by atoms with van der Waals surface area (Å²) in [7, 11) is 0. The van der Waals surface area contributed by atoms with Crippen LogP contribution >= 0.6 is 0 Å². The average molecular weight is 449 g/mol. The van der Waals surface area contributed by atoms with Crippen LogP contribution in [0.25, 0.3) is 0 Å². The lowest BCUT2D eigenvalue weighted by atomic mass is 10.1. The van der Waals surface area contributed by atoms with Crippen molar-refractivity contribution in [3.63, 3.8) is 0 Å². The molecule has 3 aromatic rings. The molecule has 0 N–H and O–H groups in total. The summed E-state index contributed by atoms with van der Waals surface area (Å²) in [4.78, 5) is 17.2. The van der Waals surface area contributed by atoms with Crippen molar-refractivity contribution in [1.82, 2.24) is 9.80 Å². The summed E-state index contributed by atoms with van der Waals surface area (Å²) in [6, 6.07) is 21.8. The van der Waals surface area contributed by atoms with Crippen molar-refractivity contribution in [3.8, 4) is 11.5 Å². The Morgan fingerprint density at radius 1 is 0.848 bits per heavy atom. The number of amides is 1. The van der Waals surface area contributed by atoms with Gasteiger partial charge in [-0.05, 0) is 66.6 Å². The van der Waals surface area contributed by atoms with E-state index >= 15 is 0 Å². The molecule has 33 heavy (non-hydrogen) atoms. The van der Waals surface area contributed by atoms with Crippen molar-refractivity contribution >= 4 is 5.91 Å². The molecule has 0 aliphatic carbocycles. The van der Waals surface area contributed by atoms with Crippen LogP contribution in [-0.2, 0) is 13.2 Å². The van der Waals surface area contributed by atoms with Gasteiger partial charge in [0, 0.05) is 38.3 Å². The molecule has 0 spiro atoms. The van der Waals surface area contributed by atoms with Crippen LogP contribution in [0.5, 0.6) is 11.5 Å². The van der Waals surface area contributed by atoms with Gasteiger partial charge in [0.15, 0.2) is 0 Å². The van der Waals surface area contributed by atoms with Gasteiger partial charge in [-0.3, -0.25) is 9.69 Å². The Kier molecular flexibility index (Phi) is 7.58. The van der Waals surface area contributed by atoms with Crippen LogP contribution in [0.15, 0.2) is 72.8 Å². The van der Waals surface area contributed by atoms with E-state index in [9.17, 15) is 9.18 Å². The van der Waals surface area contributed by atoms with Gasteiger partial charge in [-0.15, -0.1) is 0 Å². The van der Waals surface area contributed by atoms with Crippen molar-refractivity contribution in [2.24, 2.45) is 0 Å². The minimum absolute atomic E-state index is 0.0411. The molecule has 172 valence electrons. The molecule has 0 radical (unpaired) electrons. The van der Waals surface area contributed by atoms with Crippen molar-refractivity contribution < 1.29 is 18.7 Å². The maximum atomic E-state index is 13.1. The summed E-state index contributed by atoms with van der Waals surface area (Å²) in [6.07, 6.45) is 0. The zero-order valence-electron chi connectivity index (χ0n) is 18.9. The van der Waals surface area contributed by atoms with Gasteiger partial charge >= 0.3 is 0 Å². The summed E-state index contributed by atoms with van der Waals surface area (Å²) in [5.41, 5.74) is 2.70. The second kappa shape index (κ2) is 11.0. The summed E-state index contributed by atoms with van der Waals surface area (Å²) in [5, 5.41) is 0. The molecule has 0 unspecified atom stereocenters. The molecule has 1 saturated heterocycles. The van der Waals surface area contributed by atoms with Gasteiger partial charge in [-0.1, -0.05) is 24.3 Å². The predicted octanol–water partition coefficient (Wildman–Crippen LogP) is 4.76. The fourth-order valence-corrected chi connectivity index (χ4v) is 3.90. The zero-order chi connectivity index (χ0) is 23.0. The number of hydrogen-bond acceptors (Lipinski definition) is 4. The third-order valence-corrected chi connectivity index (χ3v) is 5.69. The van der Waals surface area contributed by atoms with Crippen molar-refractivity contribution in [2.75, 3.05) is 32.8 Å². The first kappa shape index (κ1) is 22.8. The Labute approximate surface area is 194 Å². The van der Waals surface area contributed by atoms with Gasteiger partial charge in [0.2, 0.25) is 0 Å². The van der Waals surface area contributed by atoms with Gasteiger partial charge in [0.25, 0.3) is 5.91 Å². The highest BCUT2D eigenvalue weighted by Gasteiger charge is 2.22. The summed E-state index contributed by atoms with van der Waals surface area (Å²) in [5.74, 6) is 1.39. The second-order valence-corrected chi connectivity index (χ2v) is 8.09. The van der Waals surface area contributed by atoms with Crippen LogP contribution < -0.4 is 9.47 Å². The molecular weight excluding hydrogens is 419 g/mol. The highest BCUT2D eigenvalue weighted by atomic mass is 19.1. The number of carbonyl (C=O) groups excluding carboxylic acids is 1. The SMILES string of the molecule is CCOc1ccc(OCc2cccc(C(=O)N3CCN(Cc4ccc(F)cc4)CC3)c2)cc1. The number of piperazine rings is 1. The van der Waals surface area contributed by atoms with E-state index in [1.54, 1.807) is 0 Å². The van der Waals surface area contributed by atoms with Gasteiger partial charge in [0.05, 0.1) is 6.61 Å². The van der Waals surface area contributed by atoms with Crippen LogP contribution in [0.2, 0.25) is 0 Å². The van der Waals surface area contributed by atoms with Crippen molar-refractivity contribution in [3.05, 3.63) is 95.3 Å². The maximum Gasteiger partial charge on any atom is 0.253 e. The third-order valence-electron chi connectivity index (χ3n) is 5.69. The number of halogens is 1. The molecule has 1 amide bonds. The molecule has 1 aliphatic heterocycles. The van der Waals surface area contributed by atoms with E-state index in [0.717, 1.165) is 42.3 Å². The van der Waals surface area contributed by atoms with Crippen molar-refractivity contribution in [1.29, 1.82) is 0 Å². The molecule has 0 saturated carbocycles. The Morgan fingerprint density at radius 3 is 2.18 bits per heavy atom. The zero-order valence-corrected chi connectivity index (χ0v) is 18.9. The van der Waals surface area contributed by atoms with Crippen LogP contribution in [0.1, 0.15) is 28.4 Å². The number of nitrogens with zero attached hydrogens (tertiary/aromatic N) is 2. The lowest BCUT2D eigenvalue weighted by Crippen LogP contribution is -2.48. The van der Waals surface area contributed by atoms with Gasteiger partial charge in [-0.2, -0.15) is 0 Å². The molecular formula is C27H29FN2O3. The van der Waals surface area contributed by atoms with Crippen LogP contribution in [0, 0.1) is 5.82 Å². The molecule has 0 atom stereocenters. The molecule has 1 heterocycles. The fourth-order valence-electron chi connectivity index (χ4n) is 3.90.